The number of aromatic nitrogens is 4. The lowest BCUT2D eigenvalue weighted by Gasteiger charge is -2.39. The van der Waals surface area contributed by atoms with Gasteiger partial charge in [-0.3, -0.25) is 9.38 Å². The molecule has 2 aliphatic rings. The zero-order valence-electron chi connectivity index (χ0n) is 21.6. The predicted molar refractivity (Wildman–Crippen MR) is 145 cm³/mol. The zero-order valence-corrected chi connectivity index (χ0v) is 22.4. The molecule has 0 spiro atoms. The van der Waals surface area contributed by atoms with Crippen molar-refractivity contribution < 1.29 is 14.0 Å². The average Bonchev–Trinajstić information content (AvgIpc) is 3.39. The summed E-state index contributed by atoms with van der Waals surface area (Å²) in [6.07, 6.45) is 13.1. The number of nitriles is 1. The third-order valence-electron chi connectivity index (χ3n) is 7.48. The van der Waals surface area contributed by atoms with Crippen LogP contribution in [0, 0.1) is 17.2 Å². The smallest absolute Gasteiger partial charge is 0.316 e. The van der Waals surface area contributed by atoms with Gasteiger partial charge >= 0.3 is 12.4 Å². The maximum atomic E-state index is 11.5. The first kappa shape index (κ1) is 26.1. The zero-order chi connectivity index (χ0) is 26.4. The number of likely N-dealkylation sites (N-methyl/N-ethyl adjacent to an activating group) is 1. The molecule has 3 aromatic rings. The molecule has 3 aromatic heterocycles. The van der Waals surface area contributed by atoms with Crippen molar-refractivity contribution in [3.05, 3.63) is 65.1 Å². The molecule has 1 saturated heterocycles. The molecule has 0 radical (unpaired) electrons. The largest absolute Gasteiger partial charge is 0.463 e. The molecule has 38 heavy (non-hydrogen) atoms. The van der Waals surface area contributed by atoms with Crippen LogP contribution in [0.1, 0.15) is 36.4 Å². The first-order chi connectivity index (χ1) is 18.6. The van der Waals surface area contributed by atoms with Crippen molar-refractivity contribution in [2.45, 2.75) is 25.7 Å². The van der Waals surface area contributed by atoms with Gasteiger partial charge in [0.05, 0.1) is 38.0 Å². The van der Waals surface area contributed by atoms with E-state index in [4.69, 9.17) is 4.74 Å². The molecule has 0 bridgehead atoms. The van der Waals surface area contributed by atoms with E-state index in [1.54, 1.807) is 18.5 Å². The highest BCUT2D eigenvalue weighted by Crippen LogP contribution is 2.30. The van der Waals surface area contributed by atoms with Crippen LogP contribution >= 0.6 is 11.3 Å². The fourth-order valence-corrected chi connectivity index (χ4v) is 5.87. The third-order valence-corrected chi connectivity index (χ3v) is 8.52. The Morgan fingerprint density at radius 2 is 2.13 bits per heavy atom. The monoisotopic (exact) mass is 530 g/mol. The van der Waals surface area contributed by atoms with Crippen molar-refractivity contribution >= 4 is 28.1 Å². The Kier molecular flexibility index (Phi) is 8.17. The van der Waals surface area contributed by atoms with Crippen LogP contribution in [-0.2, 0) is 4.79 Å². The minimum atomic E-state index is -0.597. The quantitative estimate of drug-likeness (QED) is 0.289. The number of rotatable bonds is 10. The van der Waals surface area contributed by atoms with Crippen molar-refractivity contribution in [3.63, 3.8) is 0 Å². The molecule has 1 fully saturated rings. The molecule has 10 heteroatoms. The summed E-state index contributed by atoms with van der Waals surface area (Å²) in [6.45, 7) is 8.10. The highest BCUT2D eigenvalue weighted by atomic mass is 32.1. The van der Waals surface area contributed by atoms with E-state index in [1.807, 2.05) is 12.1 Å². The molecule has 1 aliphatic heterocycles. The normalized spacial score (nSPS) is 20.0. The summed E-state index contributed by atoms with van der Waals surface area (Å²) in [5, 5.41) is 10.5. The number of thiazole rings is 1. The summed E-state index contributed by atoms with van der Waals surface area (Å²) in [4.78, 5) is 32.4. The molecule has 9 nitrogen and oxygen atoms in total. The summed E-state index contributed by atoms with van der Waals surface area (Å²) >= 11 is 1.40. The number of carbonyl (C=O) groups is 1. The van der Waals surface area contributed by atoms with Crippen LogP contribution in [0.5, 0.6) is 6.01 Å². The van der Waals surface area contributed by atoms with E-state index in [2.05, 4.69) is 56.1 Å². The second kappa shape index (κ2) is 11.9. The van der Waals surface area contributed by atoms with Crippen LogP contribution in [0.15, 0.2) is 54.4 Å². The summed E-state index contributed by atoms with van der Waals surface area (Å²) in [5.74, 6) is -0.190. The lowest BCUT2D eigenvalue weighted by atomic mass is 9.94. The maximum Gasteiger partial charge on any atom is 0.316 e. The first-order valence-corrected chi connectivity index (χ1v) is 13.9. The Morgan fingerprint density at radius 3 is 2.84 bits per heavy atom. The van der Waals surface area contributed by atoms with E-state index in [9.17, 15) is 10.1 Å². The number of piperazine rings is 1. The molecule has 1 amide bonds. The van der Waals surface area contributed by atoms with Gasteiger partial charge in [0.2, 0.25) is 0 Å². The SMILES string of the molecule is CC[N+]1(C=O)CCN(CC2=CCC(CCOc3nccc(C(C#N)c4nc5cccnc5s4)n3)C=C2)CC1. The van der Waals surface area contributed by atoms with Gasteiger partial charge in [-0.25, -0.2) is 19.7 Å². The number of hydrogen-bond donors (Lipinski definition) is 0. The Labute approximate surface area is 226 Å². The van der Waals surface area contributed by atoms with Gasteiger partial charge in [0.15, 0.2) is 0 Å². The van der Waals surface area contributed by atoms with Gasteiger partial charge in [-0.15, -0.1) is 0 Å². The number of quaternary nitrogens is 1. The van der Waals surface area contributed by atoms with Gasteiger partial charge in [-0.05, 0) is 49.5 Å². The molecule has 2 atom stereocenters. The maximum absolute atomic E-state index is 11.5. The number of amides is 1. The number of nitrogens with zero attached hydrogens (tertiary/aromatic N) is 7. The summed E-state index contributed by atoms with van der Waals surface area (Å²) in [7, 11) is 0. The molecule has 4 heterocycles. The van der Waals surface area contributed by atoms with Crippen molar-refractivity contribution in [2.75, 3.05) is 45.9 Å². The van der Waals surface area contributed by atoms with E-state index in [0.717, 1.165) is 68.9 Å². The van der Waals surface area contributed by atoms with Crippen molar-refractivity contribution in [1.29, 1.82) is 5.26 Å². The Morgan fingerprint density at radius 1 is 1.26 bits per heavy atom. The Hall–Kier alpha value is -3.52. The van der Waals surface area contributed by atoms with E-state index in [1.165, 1.54) is 16.9 Å². The molecule has 5 rings (SSSR count). The molecule has 1 aliphatic carbocycles. The third kappa shape index (κ3) is 5.96. The molecule has 0 N–H and O–H groups in total. The predicted octanol–water partition coefficient (Wildman–Crippen LogP) is 3.72. The van der Waals surface area contributed by atoms with Crippen LogP contribution in [0.4, 0.5) is 0 Å². The number of pyridine rings is 1. The fraction of sp³-hybridized carbons (Fsp3) is 0.429. The van der Waals surface area contributed by atoms with Crippen molar-refractivity contribution in [3.8, 4) is 12.1 Å². The summed E-state index contributed by atoms with van der Waals surface area (Å²) in [5.41, 5.74) is 2.69. The average molecular weight is 531 g/mol. The fourth-order valence-electron chi connectivity index (χ4n) is 4.90. The van der Waals surface area contributed by atoms with Gasteiger partial charge in [0, 0.05) is 32.0 Å². The number of carbonyl (C=O) groups excluding carboxylic acids is 1. The second-order valence-electron chi connectivity index (χ2n) is 9.84. The second-order valence-corrected chi connectivity index (χ2v) is 10.8. The van der Waals surface area contributed by atoms with Crippen molar-refractivity contribution in [2.24, 2.45) is 5.92 Å². The van der Waals surface area contributed by atoms with Crippen LogP contribution < -0.4 is 4.74 Å². The van der Waals surface area contributed by atoms with E-state index < -0.39 is 5.92 Å². The van der Waals surface area contributed by atoms with Gasteiger partial charge in [0.25, 0.3) is 0 Å². The van der Waals surface area contributed by atoms with Crippen LogP contribution in [0.3, 0.4) is 0 Å². The number of allylic oxidation sites excluding steroid dienone is 2. The van der Waals surface area contributed by atoms with Crippen LogP contribution in [0.2, 0.25) is 0 Å². The lowest BCUT2D eigenvalue weighted by Crippen LogP contribution is -2.58. The summed E-state index contributed by atoms with van der Waals surface area (Å²) in [6, 6.07) is 8.05. The van der Waals surface area contributed by atoms with Crippen molar-refractivity contribution in [1.82, 2.24) is 24.8 Å². The molecule has 0 saturated carbocycles. The molecule has 0 aromatic carbocycles. The lowest BCUT2D eigenvalue weighted by molar-refractivity contribution is -0.848. The number of hydrogen-bond acceptors (Lipinski definition) is 9. The molecule has 196 valence electrons. The molecular formula is C28H32N7O2S+. The van der Waals surface area contributed by atoms with Gasteiger partial charge in [0.1, 0.15) is 21.3 Å². The highest BCUT2D eigenvalue weighted by molar-refractivity contribution is 7.18. The standard InChI is InChI=1S/C28H32N7O2S/c1-2-35(20-36)15-13-34(14-16-35)19-22-7-5-21(6-8-22)10-17-37-28-31-12-9-24(33-28)23(18-29)26-32-25-4-3-11-30-27(25)38-26/h3-5,7-9,11-12,20-21,23H,2,6,10,13-17,19H2,1H3/q+1. The van der Waals surface area contributed by atoms with Crippen LogP contribution in [-0.4, -0.2) is 81.6 Å². The van der Waals surface area contributed by atoms with Gasteiger partial charge in [-0.2, -0.15) is 10.2 Å². The van der Waals surface area contributed by atoms with Crippen LogP contribution in [0.25, 0.3) is 10.3 Å². The summed E-state index contributed by atoms with van der Waals surface area (Å²) < 4.78 is 6.45. The first-order valence-electron chi connectivity index (χ1n) is 13.1. The minimum Gasteiger partial charge on any atom is -0.463 e. The van der Waals surface area contributed by atoms with E-state index >= 15 is 0 Å². The topological polar surface area (TPSA) is 105 Å². The molecule has 2 unspecified atom stereocenters. The van der Waals surface area contributed by atoms with Gasteiger partial charge in [-0.1, -0.05) is 29.6 Å². The Bertz CT molecular complexity index is 1340. The Balaban J connectivity index is 1.10. The molecular weight excluding hydrogens is 498 g/mol. The number of fused-ring (bicyclic) bond motifs is 1. The minimum absolute atomic E-state index is 0.278. The highest BCUT2D eigenvalue weighted by Gasteiger charge is 2.31. The number of ether oxygens (including phenoxy) is 1. The van der Waals surface area contributed by atoms with E-state index in [-0.39, 0.29) is 6.01 Å². The van der Waals surface area contributed by atoms with E-state index in [0.29, 0.717) is 27.7 Å². The van der Waals surface area contributed by atoms with Gasteiger partial charge < -0.3 is 4.74 Å².